The minimum atomic E-state index is -0.199. The third-order valence-corrected chi connectivity index (χ3v) is 5.47. The largest absolute Gasteiger partial charge is 0.311 e. The van der Waals surface area contributed by atoms with E-state index in [0.29, 0.717) is 11.1 Å². The van der Waals surface area contributed by atoms with Gasteiger partial charge in [-0.15, -0.1) is 0 Å². The molecule has 21 heavy (non-hydrogen) atoms. The lowest BCUT2D eigenvalue weighted by atomic mass is 9.78. The topological polar surface area (TPSA) is 15.3 Å². The molecular weight excluding hydrogens is 287 g/mol. The first-order valence-electron chi connectivity index (χ1n) is 8.01. The molecule has 0 radical (unpaired) electrons. The van der Waals surface area contributed by atoms with E-state index in [9.17, 15) is 4.39 Å². The van der Waals surface area contributed by atoms with Crippen LogP contribution in [-0.4, -0.2) is 29.6 Å². The number of benzene rings is 1. The number of hydrogen-bond acceptors (Lipinski definition) is 2. The maximum Gasteiger partial charge on any atom is 0.123 e. The normalized spacial score (nSPS) is 26.1. The van der Waals surface area contributed by atoms with Gasteiger partial charge in [-0.3, -0.25) is 4.90 Å². The van der Waals surface area contributed by atoms with Gasteiger partial charge in [0.2, 0.25) is 0 Å². The van der Waals surface area contributed by atoms with Crippen LogP contribution in [0.2, 0.25) is 5.02 Å². The number of nitrogens with zero attached hydrogens (tertiary/aromatic N) is 1. The van der Waals surface area contributed by atoms with Crippen molar-refractivity contribution in [3.8, 4) is 0 Å². The summed E-state index contributed by atoms with van der Waals surface area (Å²) in [5.74, 6) is -0.199. The molecule has 2 nitrogen and oxygen atoms in total. The van der Waals surface area contributed by atoms with E-state index in [1.807, 2.05) is 0 Å². The Morgan fingerprint density at radius 1 is 1.33 bits per heavy atom. The Balaban J connectivity index is 1.84. The van der Waals surface area contributed by atoms with Gasteiger partial charge in [0, 0.05) is 36.2 Å². The number of piperazine rings is 1. The van der Waals surface area contributed by atoms with Crippen molar-refractivity contribution in [2.75, 3.05) is 13.1 Å². The Labute approximate surface area is 131 Å². The van der Waals surface area contributed by atoms with E-state index in [1.165, 1.54) is 38.2 Å². The Morgan fingerprint density at radius 3 is 2.86 bits per heavy atom. The molecule has 0 bridgehead atoms. The zero-order valence-corrected chi connectivity index (χ0v) is 13.4. The summed E-state index contributed by atoms with van der Waals surface area (Å²) in [5, 5.41) is 4.31. The first-order chi connectivity index (χ1) is 10.1. The van der Waals surface area contributed by atoms with Crippen LogP contribution in [0.15, 0.2) is 18.2 Å². The molecule has 4 heteroatoms. The van der Waals surface area contributed by atoms with Crippen LogP contribution in [0.25, 0.3) is 0 Å². The predicted octanol–water partition coefficient (Wildman–Crippen LogP) is 3.98. The van der Waals surface area contributed by atoms with Crippen LogP contribution in [0.1, 0.15) is 44.6 Å². The van der Waals surface area contributed by atoms with Gasteiger partial charge < -0.3 is 5.32 Å². The predicted molar refractivity (Wildman–Crippen MR) is 85.1 cm³/mol. The highest BCUT2D eigenvalue weighted by molar-refractivity contribution is 6.31. The molecule has 3 rings (SSSR count). The zero-order chi connectivity index (χ0) is 14.9. The van der Waals surface area contributed by atoms with Gasteiger partial charge in [-0.05, 0) is 43.5 Å². The molecule has 1 heterocycles. The van der Waals surface area contributed by atoms with Crippen LogP contribution in [0.4, 0.5) is 4.39 Å². The molecular formula is C17H24ClFN2. The van der Waals surface area contributed by atoms with Crippen molar-refractivity contribution in [1.82, 2.24) is 10.2 Å². The van der Waals surface area contributed by atoms with Crippen LogP contribution in [0, 0.1) is 5.82 Å². The lowest BCUT2D eigenvalue weighted by Gasteiger charge is -2.51. The highest BCUT2D eigenvalue weighted by Gasteiger charge is 2.41. The fourth-order valence-corrected chi connectivity index (χ4v) is 4.05. The van der Waals surface area contributed by atoms with Gasteiger partial charge in [0.15, 0.2) is 0 Å². The second-order valence-corrected chi connectivity index (χ2v) is 7.09. The summed E-state index contributed by atoms with van der Waals surface area (Å²) in [6.07, 6.45) is 6.40. The number of nitrogens with one attached hydrogen (secondary N) is 1. The Hall–Kier alpha value is -0.640. The van der Waals surface area contributed by atoms with Crippen molar-refractivity contribution in [2.24, 2.45) is 0 Å². The molecule has 1 saturated carbocycles. The molecule has 1 saturated heterocycles. The van der Waals surface area contributed by atoms with Crippen LogP contribution in [0.5, 0.6) is 0 Å². The fraction of sp³-hybridized carbons (Fsp3) is 0.647. The summed E-state index contributed by atoms with van der Waals surface area (Å²) in [5.41, 5.74) is 1.15. The summed E-state index contributed by atoms with van der Waals surface area (Å²) >= 11 is 6.27. The lowest BCUT2D eigenvalue weighted by Crippen LogP contribution is -2.64. The Morgan fingerprint density at radius 2 is 2.10 bits per heavy atom. The average Bonchev–Trinajstić information content (AvgIpc) is 2.48. The highest BCUT2D eigenvalue weighted by Crippen LogP contribution is 2.37. The van der Waals surface area contributed by atoms with Gasteiger partial charge >= 0.3 is 0 Å². The van der Waals surface area contributed by atoms with Crippen molar-refractivity contribution >= 4 is 11.6 Å². The molecule has 1 aliphatic heterocycles. The zero-order valence-electron chi connectivity index (χ0n) is 12.7. The van der Waals surface area contributed by atoms with E-state index in [1.54, 1.807) is 12.1 Å². The summed E-state index contributed by atoms with van der Waals surface area (Å²) in [4.78, 5) is 2.55. The van der Waals surface area contributed by atoms with Crippen molar-refractivity contribution < 1.29 is 4.39 Å². The van der Waals surface area contributed by atoms with E-state index in [-0.39, 0.29) is 11.4 Å². The Bertz CT molecular complexity index is 500. The fourth-order valence-electron chi connectivity index (χ4n) is 3.87. The summed E-state index contributed by atoms with van der Waals surface area (Å²) in [7, 11) is 0. The minimum absolute atomic E-state index is 0.199. The number of halogens is 2. The maximum atomic E-state index is 13.5. The third kappa shape index (κ3) is 3.25. The molecule has 1 N–H and O–H groups in total. The molecule has 1 unspecified atom stereocenters. The molecule has 1 aromatic carbocycles. The standard InChI is InChI=1S/C17H24ClFN2/c1-13-10-21(11-14-9-15(19)5-6-16(14)18)17(12-20-13)7-3-2-4-8-17/h5-6,9,13,20H,2-4,7-8,10-12H2,1H3. The van der Waals surface area contributed by atoms with Crippen molar-refractivity contribution in [1.29, 1.82) is 0 Å². The van der Waals surface area contributed by atoms with Crippen molar-refractivity contribution in [2.45, 2.75) is 57.2 Å². The lowest BCUT2D eigenvalue weighted by molar-refractivity contribution is 0.00614. The first-order valence-corrected chi connectivity index (χ1v) is 8.39. The van der Waals surface area contributed by atoms with Crippen LogP contribution >= 0.6 is 11.6 Å². The monoisotopic (exact) mass is 310 g/mol. The maximum absolute atomic E-state index is 13.5. The van der Waals surface area contributed by atoms with Gasteiger partial charge in [-0.2, -0.15) is 0 Å². The van der Waals surface area contributed by atoms with E-state index >= 15 is 0 Å². The highest BCUT2D eigenvalue weighted by atomic mass is 35.5. The second-order valence-electron chi connectivity index (χ2n) is 6.68. The summed E-state index contributed by atoms with van der Waals surface area (Å²) in [6, 6.07) is 5.17. The molecule has 0 aromatic heterocycles. The molecule has 2 fully saturated rings. The quantitative estimate of drug-likeness (QED) is 0.889. The summed E-state index contributed by atoms with van der Waals surface area (Å²) < 4.78 is 13.5. The Kier molecular flexibility index (Phi) is 4.53. The first kappa shape index (κ1) is 15.3. The van der Waals surface area contributed by atoms with Crippen molar-refractivity contribution in [3.05, 3.63) is 34.6 Å². The SMILES string of the molecule is CC1CN(Cc2cc(F)ccc2Cl)C2(CCCCC2)CN1. The van der Waals surface area contributed by atoms with Crippen molar-refractivity contribution in [3.63, 3.8) is 0 Å². The van der Waals surface area contributed by atoms with E-state index in [2.05, 4.69) is 17.1 Å². The van der Waals surface area contributed by atoms with E-state index < -0.39 is 0 Å². The minimum Gasteiger partial charge on any atom is -0.311 e. The molecule has 0 amide bonds. The van der Waals surface area contributed by atoms with Crippen LogP contribution in [0.3, 0.4) is 0 Å². The van der Waals surface area contributed by atoms with Gasteiger partial charge in [-0.25, -0.2) is 4.39 Å². The number of rotatable bonds is 2. The average molecular weight is 311 g/mol. The summed E-state index contributed by atoms with van der Waals surface area (Å²) in [6.45, 7) is 5.02. The van der Waals surface area contributed by atoms with Gasteiger partial charge in [-0.1, -0.05) is 30.9 Å². The molecule has 1 aliphatic carbocycles. The second kappa shape index (κ2) is 6.23. The van der Waals surface area contributed by atoms with Gasteiger partial charge in [0.25, 0.3) is 0 Å². The molecule has 116 valence electrons. The van der Waals surface area contributed by atoms with Crippen LogP contribution in [-0.2, 0) is 6.54 Å². The molecule has 2 aliphatic rings. The third-order valence-electron chi connectivity index (χ3n) is 5.10. The number of hydrogen-bond donors (Lipinski definition) is 1. The molecule has 1 aromatic rings. The molecule has 1 spiro atoms. The van der Waals surface area contributed by atoms with Gasteiger partial charge in [0.1, 0.15) is 5.82 Å². The molecule has 1 atom stereocenters. The smallest absolute Gasteiger partial charge is 0.123 e. The van der Waals surface area contributed by atoms with Crippen LogP contribution < -0.4 is 5.32 Å². The van der Waals surface area contributed by atoms with E-state index in [4.69, 9.17) is 11.6 Å². The van der Waals surface area contributed by atoms with Gasteiger partial charge in [0.05, 0.1) is 0 Å². The van der Waals surface area contributed by atoms with E-state index in [0.717, 1.165) is 25.2 Å².